The Balaban J connectivity index is 1.53. The summed E-state index contributed by atoms with van der Waals surface area (Å²) in [7, 11) is 1.57. The maximum absolute atomic E-state index is 12.2. The minimum Gasteiger partial charge on any atom is -0.497 e. The summed E-state index contributed by atoms with van der Waals surface area (Å²) in [6, 6.07) is 14.9. The molecule has 0 saturated carbocycles. The molecule has 0 radical (unpaired) electrons. The third-order valence-electron chi connectivity index (χ3n) is 4.18. The third kappa shape index (κ3) is 5.65. The standard InChI is InChI=1S/C22H22N2O4S/c1-14-5-4-6-16(11-14)22-24-18(13-29-22)12-20(25)28-15(2)21(26)23-17-7-9-19(27-3)10-8-17/h4-11,13,15H,12H2,1-3H3,(H,23,26)/t15-/m1/s1. The molecular weight excluding hydrogens is 388 g/mol. The van der Waals surface area contributed by atoms with Crippen molar-refractivity contribution in [3.05, 3.63) is 65.2 Å². The Morgan fingerprint density at radius 3 is 2.62 bits per heavy atom. The lowest BCUT2D eigenvalue weighted by molar-refractivity contribution is -0.152. The summed E-state index contributed by atoms with van der Waals surface area (Å²) in [5, 5.41) is 5.39. The molecule has 1 N–H and O–H groups in total. The van der Waals surface area contributed by atoms with Crippen molar-refractivity contribution in [3.8, 4) is 16.3 Å². The van der Waals surface area contributed by atoms with E-state index in [2.05, 4.69) is 10.3 Å². The van der Waals surface area contributed by atoms with E-state index in [9.17, 15) is 9.59 Å². The van der Waals surface area contributed by atoms with Gasteiger partial charge < -0.3 is 14.8 Å². The van der Waals surface area contributed by atoms with E-state index in [-0.39, 0.29) is 6.42 Å². The number of aromatic nitrogens is 1. The van der Waals surface area contributed by atoms with Crippen molar-refractivity contribution in [2.24, 2.45) is 0 Å². The Labute approximate surface area is 173 Å². The summed E-state index contributed by atoms with van der Waals surface area (Å²) >= 11 is 1.47. The molecule has 0 unspecified atom stereocenters. The molecule has 0 aliphatic heterocycles. The first-order valence-electron chi connectivity index (χ1n) is 9.10. The number of benzene rings is 2. The first-order valence-corrected chi connectivity index (χ1v) is 9.98. The second kappa shape index (κ2) is 9.34. The largest absolute Gasteiger partial charge is 0.497 e. The Bertz CT molecular complexity index is 998. The SMILES string of the molecule is COc1ccc(NC(=O)[C@@H](C)OC(=O)Cc2csc(-c3cccc(C)c3)n2)cc1. The number of ether oxygens (including phenoxy) is 2. The number of carbonyl (C=O) groups excluding carboxylic acids is 2. The van der Waals surface area contributed by atoms with Gasteiger partial charge in [-0.1, -0.05) is 23.8 Å². The van der Waals surface area contributed by atoms with Gasteiger partial charge in [0.2, 0.25) is 0 Å². The minimum absolute atomic E-state index is 0.0163. The van der Waals surface area contributed by atoms with E-state index < -0.39 is 18.0 Å². The van der Waals surface area contributed by atoms with Crippen molar-refractivity contribution in [3.63, 3.8) is 0 Å². The molecule has 0 aliphatic rings. The van der Waals surface area contributed by atoms with Crippen LogP contribution < -0.4 is 10.1 Å². The minimum atomic E-state index is -0.917. The van der Waals surface area contributed by atoms with Gasteiger partial charge in [-0.05, 0) is 44.2 Å². The summed E-state index contributed by atoms with van der Waals surface area (Å²) in [6.07, 6.45) is -0.901. The molecule has 1 aromatic heterocycles. The fraction of sp³-hybridized carbons (Fsp3) is 0.227. The molecule has 0 spiro atoms. The summed E-state index contributed by atoms with van der Waals surface area (Å²) < 4.78 is 10.3. The number of nitrogens with one attached hydrogen (secondary N) is 1. The first kappa shape index (κ1) is 20.5. The highest BCUT2D eigenvalue weighted by Crippen LogP contribution is 2.24. The van der Waals surface area contributed by atoms with Crippen molar-refractivity contribution in [2.75, 3.05) is 12.4 Å². The highest BCUT2D eigenvalue weighted by Gasteiger charge is 2.19. The third-order valence-corrected chi connectivity index (χ3v) is 5.12. The first-order chi connectivity index (χ1) is 13.9. The molecule has 0 fully saturated rings. The van der Waals surface area contributed by atoms with Crippen molar-refractivity contribution in [1.29, 1.82) is 0 Å². The van der Waals surface area contributed by atoms with Crippen molar-refractivity contribution in [2.45, 2.75) is 26.4 Å². The number of carbonyl (C=O) groups is 2. The Kier molecular flexibility index (Phi) is 6.61. The van der Waals surface area contributed by atoms with E-state index in [1.54, 1.807) is 31.4 Å². The average Bonchev–Trinajstić information content (AvgIpc) is 3.16. The summed E-state index contributed by atoms with van der Waals surface area (Å²) in [6.45, 7) is 3.56. The second-order valence-corrected chi connectivity index (χ2v) is 7.40. The zero-order chi connectivity index (χ0) is 20.8. The van der Waals surface area contributed by atoms with E-state index >= 15 is 0 Å². The topological polar surface area (TPSA) is 77.5 Å². The highest BCUT2D eigenvalue weighted by molar-refractivity contribution is 7.13. The Hall–Kier alpha value is -3.19. The molecule has 7 heteroatoms. The second-order valence-electron chi connectivity index (χ2n) is 6.54. The van der Waals surface area contributed by atoms with Crippen LogP contribution in [0.2, 0.25) is 0 Å². The summed E-state index contributed by atoms with van der Waals surface area (Å²) in [4.78, 5) is 29.0. The van der Waals surface area contributed by atoms with Crippen LogP contribution in [0.15, 0.2) is 53.9 Å². The molecule has 1 atom stereocenters. The fourth-order valence-electron chi connectivity index (χ4n) is 2.66. The number of rotatable bonds is 7. The monoisotopic (exact) mass is 410 g/mol. The van der Waals surface area contributed by atoms with Gasteiger partial charge >= 0.3 is 5.97 Å². The molecule has 0 aliphatic carbocycles. The van der Waals surface area contributed by atoms with E-state index in [4.69, 9.17) is 9.47 Å². The quantitative estimate of drug-likeness (QED) is 0.590. The number of aryl methyl sites for hydroxylation is 1. The fourth-order valence-corrected chi connectivity index (χ4v) is 3.47. The van der Waals surface area contributed by atoms with Crippen LogP contribution in [0.25, 0.3) is 10.6 Å². The molecule has 0 saturated heterocycles. The Morgan fingerprint density at radius 1 is 1.17 bits per heavy atom. The Morgan fingerprint density at radius 2 is 1.93 bits per heavy atom. The lowest BCUT2D eigenvalue weighted by Crippen LogP contribution is -2.30. The molecule has 6 nitrogen and oxygen atoms in total. The van der Waals surface area contributed by atoms with E-state index in [1.165, 1.54) is 18.3 Å². The van der Waals surface area contributed by atoms with Gasteiger partial charge in [0.25, 0.3) is 5.91 Å². The predicted octanol–water partition coefficient (Wildman–Crippen LogP) is 4.24. The smallest absolute Gasteiger partial charge is 0.312 e. The van der Waals surface area contributed by atoms with Gasteiger partial charge in [0, 0.05) is 16.6 Å². The van der Waals surface area contributed by atoms with Crippen LogP contribution in [0.4, 0.5) is 5.69 Å². The molecule has 0 bridgehead atoms. The van der Waals surface area contributed by atoms with E-state index in [0.717, 1.165) is 16.1 Å². The van der Waals surface area contributed by atoms with Crippen LogP contribution in [0.1, 0.15) is 18.2 Å². The lowest BCUT2D eigenvalue weighted by Gasteiger charge is -2.13. The van der Waals surface area contributed by atoms with Crippen LogP contribution >= 0.6 is 11.3 Å². The van der Waals surface area contributed by atoms with Crippen molar-refractivity contribution < 1.29 is 19.1 Å². The molecular formula is C22H22N2O4S. The number of hydrogen-bond acceptors (Lipinski definition) is 6. The number of amides is 1. The molecule has 3 rings (SSSR count). The van der Waals surface area contributed by atoms with E-state index in [1.807, 2.05) is 36.6 Å². The summed E-state index contributed by atoms with van der Waals surface area (Å²) in [5.41, 5.74) is 3.39. The maximum Gasteiger partial charge on any atom is 0.312 e. The van der Waals surface area contributed by atoms with Crippen LogP contribution in [0.3, 0.4) is 0 Å². The molecule has 29 heavy (non-hydrogen) atoms. The predicted molar refractivity (Wildman–Crippen MR) is 113 cm³/mol. The van der Waals surface area contributed by atoms with Gasteiger partial charge in [-0.15, -0.1) is 11.3 Å². The lowest BCUT2D eigenvalue weighted by atomic mass is 10.1. The number of anilines is 1. The highest BCUT2D eigenvalue weighted by atomic mass is 32.1. The van der Waals surface area contributed by atoms with Gasteiger partial charge in [0.05, 0.1) is 19.2 Å². The van der Waals surface area contributed by atoms with E-state index in [0.29, 0.717) is 17.1 Å². The van der Waals surface area contributed by atoms with Crippen molar-refractivity contribution in [1.82, 2.24) is 4.98 Å². The van der Waals surface area contributed by atoms with Crippen LogP contribution in [-0.2, 0) is 20.7 Å². The molecule has 150 valence electrons. The van der Waals surface area contributed by atoms with Gasteiger partial charge in [-0.2, -0.15) is 0 Å². The molecule has 2 aromatic carbocycles. The van der Waals surface area contributed by atoms with Gasteiger partial charge in [0.15, 0.2) is 6.10 Å². The zero-order valence-electron chi connectivity index (χ0n) is 16.5. The van der Waals surface area contributed by atoms with Gasteiger partial charge in [-0.25, -0.2) is 4.98 Å². The van der Waals surface area contributed by atoms with Crippen LogP contribution in [-0.4, -0.2) is 30.1 Å². The number of hydrogen-bond donors (Lipinski definition) is 1. The van der Waals surface area contributed by atoms with Crippen LogP contribution in [0.5, 0.6) is 5.75 Å². The number of nitrogens with zero attached hydrogens (tertiary/aromatic N) is 1. The zero-order valence-corrected chi connectivity index (χ0v) is 17.3. The maximum atomic E-state index is 12.2. The molecule has 1 heterocycles. The summed E-state index contributed by atoms with van der Waals surface area (Å²) in [5.74, 6) is -0.207. The number of thiazole rings is 1. The van der Waals surface area contributed by atoms with Crippen LogP contribution in [0, 0.1) is 6.92 Å². The number of esters is 1. The normalized spacial score (nSPS) is 11.6. The van der Waals surface area contributed by atoms with Gasteiger partial charge in [-0.3, -0.25) is 9.59 Å². The van der Waals surface area contributed by atoms with Crippen molar-refractivity contribution >= 4 is 28.9 Å². The molecule has 3 aromatic rings. The average molecular weight is 410 g/mol. The molecule has 1 amide bonds. The van der Waals surface area contributed by atoms with Gasteiger partial charge in [0.1, 0.15) is 10.8 Å². The number of methoxy groups -OCH3 is 1.